The average molecular weight is 411 g/mol. The summed E-state index contributed by atoms with van der Waals surface area (Å²) in [5, 5.41) is 0. The number of para-hydroxylation sites is 1. The van der Waals surface area contributed by atoms with Crippen LogP contribution < -0.4 is 18.9 Å². The first kappa shape index (κ1) is 21.1. The van der Waals surface area contributed by atoms with Crippen molar-refractivity contribution in [2.45, 2.75) is 20.5 Å². The molecule has 0 unspecified atom stereocenters. The zero-order valence-electron chi connectivity index (χ0n) is 17.0. The van der Waals surface area contributed by atoms with Crippen LogP contribution in [0.5, 0.6) is 23.1 Å². The molecule has 0 atom stereocenters. The van der Waals surface area contributed by atoms with Crippen LogP contribution in [0.1, 0.15) is 19.4 Å². The first-order valence-corrected chi connectivity index (χ1v) is 9.37. The molecule has 0 radical (unpaired) electrons. The van der Waals surface area contributed by atoms with E-state index in [0.717, 1.165) is 11.3 Å². The predicted molar refractivity (Wildman–Crippen MR) is 109 cm³/mol. The molecule has 3 rings (SSSR count). The maximum Gasteiger partial charge on any atom is 0.308 e. The van der Waals surface area contributed by atoms with Gasteiger partial charge in [-0.3, -0.25) is 4.79 Å². The van der Waals surface area contributed by atoms with Gasteiger partial charge in [0.2, 0.25) is 5.88 Å². The Morgan fingerprint density at radius 1 is 1.07 bits per heavy atom. The summed E-state index contributed by atoms with van der Waals surface area (Å²) in [5.41, 5.74) is 1.80. The number of nitrogens with zero attached hydrogens (tertiary/aromatic N) is 1. The Labute approximate surface area is 174 Å². The molecule has 2 aromatic carbocycles. The summed E-state index contributed by atoms with van der Waals surface area (Å²) in [4.78, 5) is 15.7. The van der Waals surface area contributed by atoms with Gasteiger partial charge in [0, 0.05) is 30.3 Å². The molecule has 30 heavy (non-hydrogen) atoms. The second kappa shape index (κ2) is 9.73. The summed E-state index contributed by atoms with van der Waals surface area (Å²) < 4.78 is 36.0. The maximum absolute atomic E-state index is 14.3. The lowest BCUT2D eigenvalue weighted by Gasteiger charge is -2.15. The molecule has 0 bridgehead atoms. The number of carbonyl (C=O) groups excluding carboxylic acids is 1. The highest BCUT2D eigenvalue weighted by Gasteiger charge is 2.18. The van der Waals surface area contributed by atoms with Gasteiger partial charge in [0.1, 0.15) is 18.1 Å². The normalized spacial score (nSPS) is 10.4. The quantitative estimate of drug-likeness (QED) is 0.392. The van der Waals surface area contributed by atoms with Crippen molar-refractivity contribution in [1.29, 1.82) is 0 Å². The fraction of sp³-hybridized carbons (Fsp3) is 0.217. The van der Waals surface area contributed by atoms with Gasteiger partial charge in [-0.05, 0) is 30.7 Å². The standard InChI is InChI=1S/C23H22FNO5/c1-4-28-21-12-22(29-14-16-8-10-17(27-3)11-9-16)25-13-19(21)18-6-5-7-20(24)23(18)30-15(2)26/h5-13H,4,14H2,1-3H3. The minimum atomic E-state index is -0.648. The number of aromatic nitrogens is 1. The monoisotopic (exact) mass is 411 g/mol. The summed E-state index contributed by atoms with van der Waals surface area (Å²) in [6, 6.07) is 13.5. The second-order valence-corrected chi connectivity index (χ2v) is 6.30. The van der Waals surface area contributed by atoms with E-state index in [0.29, 0.717) is 36.0 Å². The molecule has 0 amide bonds. The molecule has 0 aliphatic rings. The van der Waals surface area contributed by atoms with Crippen LogP contribution in [-0.4, -0.2) is 24.7 Å². The van der Waals surface area contributed by atoms with E-state index in [9.17, 15) is 9.18 Å². The molecule has 7 heteroatoms. The van der Waals surface area contributed by atoms with Crippen molar-refractivity contribution < 1.29 is 28.1 Å². The number of hydrogen-bond acceptors (Lipinski definition) is 6. The van der Waals surface area contributed by atoms with Gasteiger partial charge in [-0.15, -0.1) is 0 Å². The number of halogens is 1. The highest BCUT2D eigenvalue weighted by molar-refractivity contribution is 5.79. The van der Waals surface area contributed by atoms with Gasteiger partial charge in [0.05, 0.1) is 13.7 Å². The average Bonchev–Trinajstić information content (AvgIpc) is 2.74. The van der Waals surface area contributed by atoms with Crippen molar-refractivity contribution >= 4 is 5.97 Å². The van der Waals surface area contributed by atoms with E-state index in [-0.39, 0.29) is 5.75 Å². The molecule has 0 saturated carbocycles. The third-order valence-corrected chi connectivity index (χ3v) is 4.19. The van der Waals surface area contributed by atoms with Crippen molar-refractivity contribution in [3.63, 3.8) is 0 Å². The fourth-order valence-corrected chi connectivity index (χ4v) is 2.82. The molecular formula is C23H22FNO5. The molecule has 1 aromatic heterocycles. The zero-order valence-corrected chi connectivity index (χ0v) is 17.0. The van der Waals surface area contributed by atoms with Crippen LogP contribution in [0.15, 0.2) is 54.7 Å². The summed E-state index contributed by atoms with van der Waals surface area (Å²) in [5.74, 6) is 0.120. The molecule has 3 aromatic rings. The van der Waals surface area contributed by atoms with E-state index >= 15 is 0 Å². The van der Waals surface area contributed by atoms with Crippen molar-refractivity contribution in [2.75, 3.05) is 13.7 Å². The SMILES string of the molecule is CCOc1cc(OCc2ccc(OC)cc2)ncc1-c1cccc(F)c1OC(C)=O. The Balaban J connectivity index is 1.88. The Hall–Kier alpha value is -3.61. The third kappa shape index (κ3) is 5.05. The summed E-state index contributed by atoms with van der Waals surface area (Å²) >= 11 is 0. The maximum atomic E-state index is 14.3. The number of hydrogen-bond donors (Lipinski definition) is 0. The van der Waals surface area contributed by atoms with E-state index in [4.69, 9.17) is 18.9 Å². The molecule has 0 aliphatic carbocycles. The van der Waals surface area contributed by atoms with Gasteiger partial charge in [-0.1, -0.05) is 24.3 Å². The number of pyridine rings is 1. The van der Waals surface area contributed by atoms with Gasteiger partial charge in [-0.2, -0.15) is 0 Å². The topological polar surface area (TPSA) is 66.9 Å². The zero-order chi connectivity index (χ0) is 21.5. The smallest absolute Gasteiger partial charge is 0.308 e. The van der Waals surface area contributed by atoms with Gasteiger partial charge in [-0.25, -0.2) is 9.37 Å². The second-order valence-electron chi connectivity index (χ2n) is 6.30. The number of benzene rings is 2. The summed E-state index contributed by atoms with van der Waals surface area (Å²) in [6.45, 7) is 3.74. The molecule has 0 spiro atoms. The van der Waals surface area contributed by atoms with Crippen LogP contribution in [0.2, 0.25) is 0 Å². The van der Waals surface area contributed by atoms with Gasteiger partial charge in [0.25, 0.3) is 0 Å². The molecule has 6 nitrogen and oxygen atoms in total. The molecular weight excluding hydrogens is 389 g/mol. The van der Waals surface area contributed by atoms with Crippen molar-refractivity contribution in [1.82, 2.24) is 4.98 Å². The number of methoxy groups -OCH3 is 1. The third-order valence-electron chi connectivity index (χ3n) is 4.19. The van der Waals surface area contributed by atoms with Crippen molar-refractivity contribution in [3.8, 4) is 34.3 Å². The van der Waals surface area contributed by atoms with E-state index in [1.807, 2.05) is 31.2 Å². The number of carbonyl (C=O) groups is 1. The van der Waals surface area contributed by atoms with Crippen molar-refractivity contribution in [3.05, 3.63) is 66.1 Å². The largest absolute Gasteiger partial charge is 0.497 e. The van der Waals surface area contributed by atoms with E-state index < -0.39 is 11.8 Å². The van der Waals surface area contributed by atoms with Crippen LogP contribution in [-0.2, 0) is 11.4 Å². The molecule has 0 saturated heterocycles. The van der Waals surface area contributed by atoms with Crippen LogP contribution in [0.25, 0.3) is 11.1 Å². The predicted octanol–water partition coefficient (Wildman–Crippen LogP) is 4.80. The van der Waals surface area contributed by atoms with Crippen LogP contribution >= 0.6 is 0 Å². The van der Waals surface area contributed by atoms with Crippen LogP contribution in [0, 0.1) is 5.82 Å². The minimum absolute atomic E-state index is 0.167. The fourth-order valence-electron chi connectivity index (χ4n) is 2.82. The van der Waals surface area contributed by atoms with E-state index in [1.165, 1.54) is 25.3 Å². The number of esters is 1. The first-order valence-electron chi connectivity index (χ1n) is 9.37. The molecule has 156 valence electrons. The lowest BCUT2D eigenvalue weighted by molar-refractivity contribution is -0.132. The number of ether oxygens (including phenoxy) is 4. The van der Waals surface area contributed by atoms with E-state index in [1.54, 1.807) is 19.2 Å². The minimum Gasteiger partial charge on any atom is -0.497 e. The van der Waals surface area contributed by atoms with E-state index in [2.05, 4.69) is 4.98 Å². The molecule has 0 N–H and O–H groups in total. The van der Waals surface area contributed by atoms with Crippen LogP contribution in [0.3, 0.4) is 0 Å². The Morgan fingerprint density at radius 2 is 1.83 bits per heavy atom. The highest BCUT2D eigenvalue weighted by atomic mass is 19.1. The lowest BCUT2D eigenvalue weighted by Crippen LogP contribution is -2.06. The first-order chi connectivity index (χ1) is 14.5. The van der Waals surface area contributed by atoms with Gasteiger partial charge in [0.15, 0.2) is 11.6 Å². The summed E-state index contributed by atoms with van der Waals surface area (Å²) in [7, 11) is 1.61. The van der Waals surface area contributed by atoms with Crippen molar-refractivity contribution in [2.24, 2.45) is 0 Å². The molecule has 1 heterocycles. The Morgan fingerprint density at radius 3 is 2.50 bits per heavy atom. The van der Waals surface area contributed by atoms with Gasteiger partial charge < -0.3 is 18.9 Å². The van der Waals surface area contributed by atoms with Crippen LogP contribution in [0.4, 0.5) is 4.39 Å². The lowest BCUT2D eigenvalue weighted by atomic mass is 10.1. The Kier molecular flexibility index (Phi) is 6.85. The molecule has 0 aliphatic heterocycles. The highest BCUT2D eigenvalue weighted by Crippen LogP contribution is 2.39. The van der Waals surface area contributed by atoms with Gasteiger partial charge >= 0.3 is 5.97 Å². The Bertz CT molecular complexity index is 1020. The number of rotatable bonds is 8. The summed E-state index contributed by atoms with van der Waals surface area (Å²) in [6.07, 6.45) is 1.51. The molecule has 0 fully saturated rings.